The number of hydrogen-bond donors (Lipinski definition) is 0. The summed E-state index contributed by atoms with van der Waals surface area (Å²) in [6.07, 6.45) is 2.48. The lowest BCUT2D eigenvalue weighted by atomic mass is 9.98. The highest BCUT2D eigenvalue weighted by Crippen LogP contribution is 2.11. The highest BCUT2D eigenvalue weighted by molar-refractivity contribution is 5.14. The van der Waals surface area contributed by atoms with Crippen molar-refractivity contribution in [1.29, 1.82) is 0 Å². The zero-order valence-corrected chi connectivity index (χ0v) is 9.53. The second-order valence-electron chi connectivity index (χ2n) is 4.39. The van der Waals surface area contributed by atoms with E-state index in [0.717, 1.165) is 5.92 Å². The smallest absolute Gasteiger partial charge is 0.00222 e. The molecular weight excluding hydrogens is 170 g/mol. The monoisotopic (exact) mass is 191 g/mol. The van der Waals surface area contributed by atoms with Gasteiger partial charge in [-0.05, 0) is 45.0 Å². The second kappa shape index (κ2) is 5.82. The molecule has 0 aliphatic heterocycles. The van der Waals surface area contributed by atoms with E-state index in [4.69, 9.17) is 0 Å². The summed E-state index contributed by atoms with van der Waals surface area (Å²) >= 11 is 0. The van der Waals surface area contributed by atoms with Gasteiger partial charge in [-0.1, -0.05) is 37.3 Å². The fourth-order valence-corrected chi connectivity index (χ4v) is 1.60. The maximum Gasteiger partial charge on any atom is -0.00222 e. The topological polar surface area (TPSA) is 3.24 Å². The molecule has 0 bridgehead atoms. The fraction of sp³-hybridized carbons (Fsp3) is 0.538. The van der Waals surface area contributed by atoms with Crippen LogP contribution in [0.3, 0.4) is 0 Å². The van der Waals surface area contributed by atoms with Crippen LogP contribution in [0.5, 0.6) is 0 Å². The van der Waals surface area contributed by atoms with Crippen molar-refractivity contribution in [3.05, 3.63) is 35.9 Å². The SMILES string of the molecule is CC(CCN(C)C)Cc1ccccc1. The van der Waals surface area contributed by atoms with E-state index in [1.807, 2.05) is 0 Å². The van der Waals surface area contributed by atoms with Crippen LogP contribution in [0.25, 0.3) is 0 Å². The average Bonchev–Trinajstić information content (AvgIpc) is 2.16. The van der Waals surface area contributed by atoms with E-state index < -0.39 is 0 Å². The van der Waals surface area contributed by atoms with E-state index in [9.17, 15) is 0 Å². The molecule has 0 saturated heterocycles. The Morgan fingerprint density at radius 1 is 1.14 bits per heavy atom. The van der Waals surface area contributed by atoms with Crippen molar-refractivity contribution in [2.24, 2.45) is 5.92 Å². The normalized spacial score (nSPS) is 13.1. The van der Waals surface area contributed by atoms with Gasteiger partial charge in [-0.15, -0.1) is 0 Å². The molecule has 1 aromatic carbocycles. The molecule has 0 spiro atoms. The maximum atomic E-state index is 2.33. The number of benzene rings is 1. The molecule has 0 heterocycles. The Labute approximate surface area is 87.7 Å². The predicted molar refractivity (Wildman–Crippen MR) is 62.5 cm³/mol. The molecule has 78 valence electrons. The van der Waals surface area contributed by atoms with Crippen LogP contribution in [-0.2, 0) is 6.42 Å². The summed E-state index contributed by atoms with van der Waals surface area (Å²) in [6, 6.07) is 10.7. The van der Waals surface area contributed by atoms with Crippen molar-refractivity contribution in [2.75, 3.05) is 20.6 Å². The Hall–Kier alpha value is -0.820. The van der Waals surface area contributed by atoms with E-state index in [1.165, 1.54) is 24.9 Å². The van der Waals surface area contributed by atoms with Crippen molar-refractivity contribution in [3.8, 4) is 0 Å². The lowest BCUT2D eigenvalue weighted by Gasteiger charge is -2.14. The molecule has 0 aromatic heterocycles. The molecule has 1 atom stereocenters. The Bertz CT molecular complexity index is 241. The van der Waals surface area contributed by atoms with Crippen LogP contribution in [0.2, 0.25) is 0 Å². The summed E-state index contributed by atoms with van der Waals surface area (Å²) < 4.78 is 0. The molecule has 14 heavy (non-hydrogen) atoms. The van der Waals surface area contributed by atoms with E-state index in [-0.39, 0.29) is 0 Å². The lowest BCUT2D eigenvalue weighted by molar-refractivity contribution is 0.359. The quantitative estimate of drug-likeness (QED) is 0.691. The summed E-state index contributed by atoms with van der Waals surface area (Å²) in [7, 11) is 4.27. The molecule has 0 radical (unpaired) electrons. The molecule has 1 aromatic rings. The lowest BCUT2D eigenvalue weighted by Crippen LogP contribution is -2.16. The highest BCUT2D eigenvalue weighted by atomic mass is 15.0. The van der Waals surface area contributed by atoms with Crippen LogP contribution < -0.4 is 0 Å². The first-order chi connectivity index (χ1) is 6.68. The first-order valence-electron chi connectivity index (χ1n) is 5.37. The molecule has 1 unspecified atom stereocenters. The van der Waals surface area contributed by atoms with Gasteiger partial charge in [0.2, 0.25) is 0 Å². The molecule has 1 heteroatoms. The van der Waals surface area contributed by atoms with Gasteiger partial charge in [0.1, 0.15) is 0 Å². The Balaban J connectivity index is 2.30. The van der Waals surface area contributed by atoms with Crippen molar-refractivity contribution in [3.63, 3.8) is 0 Å². The van der Waals surface area contributed by atoms with E-state index in [2.05, 4.69) is 56.3 Å². The first kappa shape index (κ1) is 11.3. The van der Waals surface area contributed by atoms with E-state index in [0.29, 0.717) is 0 Å². The van der Waals surface area contributed by atoms with Gasteiger partial charge in [0.25, 0.3) is 0 Å². The average molecular weight is 191 g/mol. The van der Waals surface area contributed by atoms with Gasteiger partial charge in [0.05, 0.1) is 0 Å². The second-order valence-corrected chi connectivity index (χ2v) is 4.39. The van der Waals surface area contributed by atoms with Crippen LogP contribution in [0.1, 0.15) is 18.9 Å². The van der Waals surface area contributed by atoms with Crippen molar-refractivity contribution < 1.29 is 0 Å². The van der Waals surface area contributed by atoms with Crippen LogP contribution >= 0.6 is 0 Å². The molecule has 0 saturated carbocycles. The molecule has 1 nitrogen and oxygen atoms in total. The zero-order valence-electron chi connectivity index (χ0n) is 9.53. The first-order valence-corrected chi connectivity index (χ1v) is 5.37. The Morgan fingerprint density at radius 3 is 2.36 bits per heavy atom. The molecule has 1 rings (SSSR count). The number of rotatable bonds is 5. The molecule has 0 fully saturated rings. The molecule has 0 aliphatic rings. The number of nitrogens with zero attached hydrogens (tertiary/aromatic N) is 1. The standard InChI is InChI=1S/C13H21N/c1-12(9-10-14(2)3)11-13-7-5-4-6-8-13/h4-8,12H,9-11H2,1-3H3. The Morgan fingerprint density at radius 2 is 1.79 bits per heavy atom. The van der Waals surface area contributed by atoms with Gasteiger partial charge in [0, 0.05) is 0 Å². The molecular formula is C13H21N. The third-order valence-electron chi connectivity index (χ3n) is 2.50. The molecule has 0 amide bonds. The van der Waals surface area contributed by atoms with Gasteiger partial charge in [-0.25, -0.2) is 0 Å². The van der Waals surface area contributed by atoms with Gasteiger partial charge >= 0.3 is 0 Å². The molecule has 0 aliphatic carbocycles. The van der Waals surface area contributed by atoms with Crippen molar-refractivity contribution in [2.45, 2.75) is 19.8 Å². The third-order valence-corrected chi connectivity index (χ3v) is 2.50. The van der Waals surface area contributed by atoms with Crippen molar-refractivity contribution in [1.82, 2.24) is 4.90 Å². The predicted octanol–water partition coefficient (Wildman–Crippen LogP) is 2.82. The maximum absolute atomic E-state index is 2.33. The Kier molecular flexibility index (Phi) is 4.68. The highest BCUT2D eigenvalue weighted by Gasteiger charge is 2.03. The fourth-order valence-electron chi connectivity index (χ4n) is 1.60. The summed E-state index contributed by atoms with van der Waals surface area (Å²) in [5.41, 5.74) is 1.46. The largest absolute Gasteiger partial charge is 0.309 e. The summed E-state index contributed by atoms with van der Waals surface area (Å²) in [6.45, 7) is 3.52. The third kappa shape index (κ3) is 4.43. The van der Waals surface area contributed by atoms with Gasteiger partial charge in [0.15, 0.2) is 0 Å². The minimum atomic E-state index is 0.778. The number of hydrogen-bond acceptors (Lipinski definition) is 1. The van der Waals surface area contributed by atoms with Crippen LogP contribution in [-0.4, -0.2) is 25.5 Å². The zero-order chi connectivity index (χ0) is 10.4. The van der Waals surface area contributed by atoms with E-state index in [1.54, 1.807) is 0 Å². The van der Waals surface area contributed by atoms with Crippen LogP contribution in [0.15, 0.2) is 30.3 Å². The van der Waals surface area contributed by atoms with Gasteiger partial charge < -0.3 is 4.90 Å². The summed E-state index contributed by atoms with van der Waals surface area (Å²) in [5, 5.41) is 0. The van der Waals surface area contributed by atoms with Crippen LogP contribution in [0.4, 0.5) is 0 Å². The van der Waals surface area contributed by atoms with Crippen LogP contribution in [0, 0.1) is 5.92 Å². The molecule has 0 N–H and O–H groups in total. The minimum Gasteiger partial charge on any atom is -0.309 e. The van der Waals surface area contributed by atoms with Crippen molar-refractivity contribution >= 4 is 0 Å². The summed E-state index contributed by atoms with van der Waals surface area (Å²) in [5.74, 6) is 0.778. The minimum absolute atomic E-state index is 0.778. The van der Waals surface area contributed by atoms with E-state index >= 15 is 0 Å². The summed E-state index contributed by atoms with van der Waals surface area (Å²) in [4.78, 5) is 2.25. The van der Waals surface area contributed by atoms with Gasteiger partial charge in [-0.2, -0.15) is 0 Å². The van der Waals surface area contributed by atoms with Gasteiger partial charge in [-0.3, -0.25) is 0 Å².